The summed E-state index contributed by atoms with van der Waals surface area (Å²) in [5, 5.41) is 7.88. The zero-order valence-corrected chi connectivity index (χ0v) is 15.5. The van der Waals surface area contributed by atoms with Crippen molar-refractivity contribution >= 4 is 29.2 Å². The smallest absolute Gasteiger partial charge is 0.190 e. The molecule has 0 aliphatic carbocycles. The minimum Gasteiger partial charge on any atom is -0.379 e. The van der Waals surface area contributed by atoms with E-state index in [1.165, 1.54) is 0 Å². The van der Waals surface area contributed by atoms with Crippen molar-refractivity contribution in [3.05, 3.63) is 33.8 Å². The van der Waals surface area contributed by atoms with Crippen LogP contribution in [0.4, 0.5) is 0 Å². The molecule has 24 heavy (non-hydrogen) atoms. The standard InChI is InChI=1S/C17H25Cl2N3O2/c1-20-17(21-5-2-7-24-16-4-8-23-12-16)22-6-3-13-9-14(18)11-15(19)10-13/h9-11,16H,2-8,12H2,1H3,(H2,20,21,22). The lowest BCUT2D eigenvalue weighted by Crippen LogP contribution is -2.39. The van der Waals surface area contributed by atoms with Gasteiger partial charge >= 0.3 is 0 Å². The molecule has 134 valence electrons. The molecule has 7 heteroatoms. The van der Waals surface area contributed by atoms with E-state index in [4.69, 9.17) is 32.7 Å². The van der Waals surface area contributed by atoms with E-state index >= 15 is 0 Å². The maximum atomic E-state index is 6.00. The molecule has 1 aliphatic rings. The summed E-state index contributed by atoms with van der Waals surface area (Å²) in [7, 11) is 1.76. The molecule has 2 N–H and O–H groups in total. The van der Waals surface area contributed by atoms with Crippen molar-refractivity contribution in [2.24, 2.45) is 4.99 Å². The molecule has 0 spiro atoms. The summed E-state index contributed by atoms with van der Waals surface area (Å²) < 4.78 is 11.0. The molecule has 0 radical (unpaired) electrons. The van der Waals surface area contributed by atoms with E-state index in [0.717, 1.165) is 63.7 Å². The van der Waals surface area contributed by atoms with Gasteiger partial charge in [-0.25, -0.2) is 0 Å². The van der Waals surface area contributed by atoms with Crippen LogP contribution in [-0.4, -0.2) is 52.0 Å². The third kappa shape index (κ3) is 7.26. The first-order chi connectivity index (χ1) is 11.7. The highest BCUT2D eigenvalue weighted by Gasteiger charge is 2.15. The van der Waals surface area contributed by atoms with Crippen molar-refractivity contribution in [1.29, 1.82) is 0 Å². The van der Waals surface area contributed by atoms with Crippen LogP contribution >= 0.6 is 23.2 Å². The maximum absolute atomic E-state index is 6.00. The number of benzene rings is 1. The van der Waals surface area contributed by atoms with Gasteiger partial charge in [-0.1, -0.05) is 23.2 Å². The predicted molar refractivity (Wildman–Crippen MR) is 99.3 cm³/mol. The van der Waals surface area contributed by atoms with Crippen LogP contribution in [0.1, 0.15) is 18.4 Å². The number of hydrogen-bond acceptors (Lipinski definition) is 3. The first-order valence-electron chi connectivity index (χ1n) is 8.26. The molecule has 1 atom stereocenters. The summed E-state index contributed by atoms with van der Waals surface area (Å²) in [6.07, 6.45) is 3.03. The Bertz CT molecular complexity index is 514. The van der Waals surface area contributed by atoms with Crippen molar-refractivity contribution in [2.45, 2.75) is 25.4 Å². The number of nitrogens with one attached hydrogen (secondary N) is 2. The molecular formula is C17H25Cl2N3O2. The normalized spacial score (nSPS) is 18.0. The van der Waals surface area contributed by atoms with Crippen molar-refractivity contribution < 1.29 is 9.47 Å². The summed E-state index contributed by atoms with van der Waals surface area (Å²) >= 11 is 12.0. The molecule has 1 aliphatic heterocycles. The van der Waals surface area contributed by atoms with Gasteiger partial charge in [0.05, 0.1) is 12.7 Å². The Hall–Kier alpha value is -1.01. The lowest BCUT2D eigenvalue weighted by atomic mass is 10.1. The average molecular weight is 374 g/mol. The van der Waals surface area contributed by atoms with Gasteiger partial charge in [-0.3, -0.25) is 4.99 Å². The molecule has 1 aromatic carbocycles. The number of guanidine groups is 1. The Morgan fingerprint density at radius 3 is 2.67 bits per heavy atom. The lowest BCUT2D eigenvalue weighted by molar-refractivity contribution is 0.0420. The van der Waals surface area contributed by atoms with Gasteiger partial charge in [-0.2, -0.15) is 0 Å². The molecule has 0 amide bonds. The van der Waals surface area contributed by atoms with Gasteiger partial charge in [0.1, 0.15) is 0 Å². The van der Waals surface area contributed by atoms with Gasteiger partial charge in [0, 0.05) is 43.4 Å². The van der Waals surface area contributed by atoms with Crippen LogP contribution in [0.5, 0.6) is 0 Å². The predicted octanol–water partition coefficient (Wildman–Crippen LogP) is 2.90. The summed E-state index contributed by atoms with van der Waals surface area (Å²) in [4.78, 5) is 4.21. The molecule has 1 fully saturated rings. The molecule has 1 heterocycles. The first kappa shape index (κ1) is 19.3. The van der Waals surface area contributed by atoms with Crippen LogP contribution in [0.2, 0.25) is 10.0 Å². The second-order valence-corrected chi connectivity index (χ2v) is 6.54. The van der Waals surface area contributed by atoms with Crippen LogP contribution in [0.3, 0.4) is 0 Å². The first-order valence-corrected chi connectivity index (χ1v) is 9.02. The third-order valence-electron chi connectivity index (χ3n) is 3.71. The Balaban J connectivity index is 1.58. The van der Waals surface area contributed by atoms with E-state index in [1.807, 2.05) is 12.1 Å². The highest BCUT2D eigenvalue weighted by molar-refractivity contribution is 6.34. The zero-order valence-electron chi connectivity index (χ0n) is 14.0. The molecule has 0 aromatic heterocycles. The van der Waals surface area contributed by atoms with Gasteiger partial charge in [0.15, 0.2) is 5.96 Å². The third-order valence-corrected chi connectivity index (χ3v) is 4.14. The monoisotopic (exact) mass is 373 g/mol. The number of aliphatic imine (C=N–C) groups is 1. The molecule has 0 saturated carbocycles. The van der Waals surface area contributed by atoms with Gasteiger partial charge in [0.2, 0.25) is 0 Å². The molecule has 5 nitrogen and oxygen atoms in total. The number of nitrogens with zero attached hydrogens (tertiary/aromatic N) is 1. The summed E-state index contributed by atoms with van der Waals surface area (Å²) in [6, 6.07) is 5.59. The summed E-state index contributed by atoms with van der Waals surface area (Å²) in [6.45, 7) is 3.85. The van der Waals surface area contributed by atoms with Crippen LogP contribution in [0, 0.1) is 0 Å². The largest absolute Gasteiger partial charge is 0.379 e. The van der Waals surface area contributed by atoms with Crippen LogP contribution in [0.25, 0.3) is 0 Å². The molecule has 1 unspecified atom stereocenters. The van der Waals surface area contributed by atoms with Crippen molar-refractivity contribution in [1.82, 2.24) is 10.6 Å². The van der Waals surface area contributed by atoms with Crippen molar-refractivity contribution in [3.8, 4) is 0 Å². The fourth-order valence-electron chi connectivity index (χ4n) is 2.47. The summed E-state index contributed by atoms with van der Waals surface area (Å²) in [5.41, 5.74) is 1.10. The highest BCUT2D eigenvalue weighted by Crippen LogP contribution is 2.19. The Morgan fingerprint density at radius 1 is 1.25 bits per heavy atom. The number of hydrogen-bond donors (Lipinski definition) is 2. The van der Waals surface area contributed by atoms with Gasteiger partial charge in [-0.05, 0) is 43.0 Å². The van der Waals surface area contributed by atoms with Crippen LogP contribution in [-0.2, 0) is 15.9 Å². The van der Waals surface area contributed by atoms with Gasteiger partial charge in [0.25, 0.3) is 0 Å². The van der Waals surface area contributed by atoms with Crippen LogP contribution in [0.15, 0.2) is 23.2 Å². The number of ether oxygens (including phenoxy) is 2. The molecular weight excluding hydrogens is 349 g/mol. The molecule has 0 bridgehead atoms. The zero-order chi connectivity index (χ0) is 17.2. The van der Waals surface area contributed by atoms with Gasteiger partial charge in [-0.15, -0.1) is 0 Å². The topological polar surface area (TPSA) is 54.9 Å². The van der Waals surface area contributed by atoms with Crippen LogP contribution < -0.4 is 10.6 Å². The molecule has 2 rings (SSSR count). The van der Waals surface area contributed by atoms with Gasteiger partial charge < -0.3 is 20.1 Å². The summed E-state index contributed by atoms with van der Waals surface area (Å²) in [5.74, 6) is 0.785. The average Bonchev–Trinajstić information content (AvgIpc) is 3.05. The second-order valence-electron chi connectivity index (χ2n) is 5.66. The number of rotatable bonds is 8. The highest BCUT2D eigenvalue weighted by atomic mass is 35.5. The second kappa shape index (κ2) is 10.8. The van der Waals surface area contributed by atoms with E-state index in [1.54, 1.807) is 13.1 Å². The van der Waals surface area contributed by atoms with E-state index in [-0.39, 0.29) is 6.10 Å². The Morgan fingerprint density at radius 2 is 2.00 bits per heavy atom. The van der Waals surface area contributed by atoms with Crippen molar-refractivity contribution in [2.75, 3.05) is 40.0 Å². The SMILES string of the molecule is CN=C(NCCCOC1CCOC1)NCCc1cc(Cl)cc(Cl)c1. The maximum Gasteiger partial charge on any atom is 0.190 e. The van der Waals surface area contributed by atoms with E-state index in [0.29, 0.717) is 10.0 Å². The van der Waals surface area contributed by atoms with E-state index in [9.17, 15) is 0 Å². The Kier molecular flexibility index (Phi) is 8.67. The minimum absolute atomic E-state index is 0.270. The van der Waals surface area contributed by atoms with Crippen molar-refractivity contribution in [3.63, 3.8) is 0 Å². The quantitative estimate of drug-likeness (QED) is 0.417. The minimum atomic E-state index is 0.270. The molecule has 1 saturated heterocycles. The van der Waals surface area contributed by atoms with E-state index < -0.39 is 0 Å². The Labute approximate surface area is 153 Å². The molecule has 1 aromatic rings. The fraction of sp³-hybridized carbons (Fsp3) is 0.588. The number of halogens is 2. The lowest BCUT2D eigenvalue weighted by Gasteiger charge is -2.13. The van der Waals surface area contributed by atoms with E-state index in [2.05, 4.69) is 15.6 Å². The fourth-order valence-corrected chi connectivity index (χ4v) is 3.05.